The van der Waals surface area contributed by atoms with Gasteiger partial charge in [-0.15, -0.1) is 0 Å². The molecular weight excluding hydrogens is 256 g/mol. The molecule has 118 valence electrons. The summed E-state index contributed by atoms with van der Waals surface area (Å²) < 4.78 is 10.7. The minimum absolute atomic E-state index is 0.198. The zero-order valence-corrected chi connectivity index (χ0v) is 13.4. The van der Waals surface area contributed by atoms with Gasteiger partial charge in [-0.05, 0) is 46.2 Å². The van der Waals surface area contributed by atoms with E-state index < -0.39 is 5.54 Å². The maximum atomic E-state index is 11.8. The smallest absolute Gasteiger partial charge is 0.325 e. The summed E-state index contributed by atoms with van der Waals surface area (Å²) in [6.07, 6.45) is 4.48. The molecule has 0 bridgehead atoms. The van der Waals surface area contributed by atoms with E-state index in [1.54, 1.807) is 7.05 Å². The predicted octanol–water partition coefficient (Wildman–Crippen LogP) is 1.42. The monoisotopic (exact) mass is 286 g/mol. The Morgan fingerprint density at radius 3 is 2.85 bits per heavy atom. The number of nitrogens with one attached hydrogen (secondary N) is 1. The topological polar surface area (TPSA) is 50.8 Å². The fraction of sp³-hybridized carbons (Fsp3) is 0.933. The molecule has 0 amide bonds. The lowest BCUT2D eigenvalue weighted by molar-refractivity contribution is -0.148. The first-order valence-corrected chi connectivity index (χ1v) is 7.67. The van der Waals surface area contributed by atoms with Gasteiger partial charge in [-0.1, -0.05) is 6.92 Å². The molecule has 1 aliphatic heterocycles. The van der Waals surface area contributed by atoms with Crippen LogP contribution in [-0.2, 0) is 14.3 Å². The van der Waals surface area contributed by atoms with Gasteiger partial charge in [0.1, 0.15) is 5.54 Å². The molecular formula is C15H30N2O3. The molecule has 1 N–H and O–H groups in total. The molecule has 20 heavy (non-hydrogen) atoms. The van der Waals surface area contributed by atoms with E-state index in [1.807, 2.05) is 6.92 Å². The number of likely N-dealkylation sites (tertiary alicyclic amines) is 1. The number of piperidine rings is 1. The number of hydrogen-bond acceptors (Lipinski definition) is 5. The van der Waals surface area contributed by atoms with Crippen molar-refractivity contribution in [1.82, 2.24) is 10.2 Å². The highest BCUT2D eigenvalue weighted by Crippen LogP contribution is 2.17. The summed E-state index contributed by atoms with van der Waals surface area (Å²) in [4.78, 5) is 14.2. The molecule has 1 saturated heterocycles. The van der Waals surface area contributed by atoms with Gasteiger partial charge in [-0.2, -0.15) is 0 Å². The molecule has 2 unspecified atom stereocenters. The first-order valence-electron chi connectivity index (χ1n) is 7.67. The minimum Gasteiger partial charge on any atom is -0.468 e. The van der Waals surface area contributed by atoms with Crippen molar-refractivity contribution in [2.45, 2.75) is 51.2 Å². The standard InChI is InChI=1S/C15H30N2O3/c1-5-11-20-13-7-6-9-17(12-13)10-8-15(2,16-3)14(18)19-4/h13,16H,5-12H2,1-4H3. The molecule has 2 atom stereocenters. The molecule has 1 aliphatic rings. The highest BCUT2D eigenvalue weighted by molar-refractivity contribution is 5.80. The molecule has 5 nitrogen and oxygen atoms in total. The average Bonchev–Trinajstić information content (AvgIpc) is 2.50. The predicted molar refractivity (Wildman–Crippen MR) is 79.8 cm³/mol. The van der Waals surface area contributed by atoms with Gasteiger partial charge in [0.05, 0.1) is 13.2 Å². The van der Waals surface area contributed by atoms with Crippen molar-refractivity contribution >= 4 is 5.97 Å². The number of rotatable bonds is 8. The van der Waals surface area contributed by atoms with E-state index in [0.717, 1.165) is 45.5 Å². The molecule has 0 saturated carbocycles. The zero-order valence-electron chi connectivity index (χ0n) is 13.4. The second-order valence-electron chi connectivity index (χ2n) is 5.76. The summed E-state index contributed by atoms with van der Waals surface area (Å²) >= 11 is 0. The van der Waals surface area contributed by atoms with Crippen LogP contribution >= 0.6 is 0 Å². The Balaban J connectivity index is 2.41. The van der Waals surface area contributed by atoms with Crippen LogP contribution in [-0.4, -0.2) is 62.9 Å². The van der Waals surface area contributed by atoms with Crippen molar-refractivity contribution in [3.63, 3.8) is 0 Å². The first kappa shape index (κ1) is 17.4. The summed E-state index contributed by atoms with van der Waals surface area (Å²) in [6.45, 7) is 7.82. The number of ether oxygens (including phenoxy) is 2. The van der Waals surface area contributed by atoms with Gasteiger partial charge < -0.3 is 19.7 Å². The Hall–Kier alpha value is -0.650. The van der Waals surface area contributed by atoms with Crippen LogP contribution in [0.3, 0.4) is 0 Å². The van der Waals surface area contributed by atoms with Gasteiger partial charge in [0.2, 0.25) is 0 Å². The number of esters is 1. The van der Waals surface area contributed by atoms with Crippen molar-refractivity contribution in [2.75, 3.05) is 40.4 Å². The lowest BCUT2D eigenvalue weighted by Crippen LogP contribution is -2.51. The molecule has 0 aliphatic carbocycles. The third-order valence-electron chi connectivity index (χ3n) is 4.14. The van der Waals surface area contributed by atoms with Crippen LogP contribution in [0.1, 0.15) is 39.5 Å². The van der Waals surface area contributed by atoms with Crippen molar-refractivity contribution in [1.29, 1.82) is 0 Å². The highest BCUT2D eigenvalue weighted by Gasteiger charge is 2.33. The number of hydrogen-bond donors (Lipinski definition) is 1. The molecule has 0 radical (unpaired) electrons. The number of likely N-dealkylation sites (N-methyl/N-ethyl adjacent to an activating group) is 1. The largest absolute Gasteiger partial charge is 0.468 e. The molecule has 0 aromatic rings. The third kappa shape index (κ3) is 5.04. The summed E-state index contributed by atoms with van der Waals surface area (Å²) in [5, 5.41) is 3.08. The van der Waals surface area contributed by atoms with Crippen LogP contribution in [0.4, 0.5) is 0 Å². The normalized spacial score (nSPS) is 23.3. The van der Waals surface area contributed by atoms with Crippen LogP contribution in [0.15, 0.2) is 0 Å². The Kier molecular flexibility index (Phi) is 7.48. The van der Waals surface area contributed by atoms with Crippen LogP contribution in [0.25, 0.3) is 0 Å². The maximum absolute atomic E-state index is 11.8. The Labute approximate surface area is 123 Å². The second-order valence-corrected chi connectivity index (χ2v) is 5.76. The molecule has 5 heteroatoms. The van der Waals surface area contributed by atoms with Crippen LogP contribution < -0.4 is 5.32 Å². The second kappa shape index (κ2) is 8.60. The van der Waals surface area contributed by atoms with Crippen LogP contribution in [0.5, 0.6) is 0 Å². The number of carbonyl (C=O) groups is 1. The lowest BCUT2D eigenvalue weighted by Gasteiger charge is -2.35. The highest BCUT2D eigenvalue weighted by atomic mass is 16.5. The van der Waals surface area contributed by atoms with Gasteiger partial charge in [0.15, 0.2) is 0 Å². The molecule has 1 fully saturated rings. The quantitative estimate of drug-likeness (QED) is 0.684. The fourth-order valence-electron chi connectivity index (χ4n) is 2.57. The van der Waals surface area contributed by atoms with E-state index in [2.05, 4.69) is 17.1 Å². The average molecular weight is 286 g/mol. The summed E-state index contributed by atoms with van der Waals surface area (Å²) in [5.74, 6) is -0.198. The third-order valence-corrected chi connectivity index (χ3v) is 4.14. The Morgan fingerprint density at radius 2 is 2.25 bits per heavy atom. The molecule has 1 heterocycles. The first-order chi connectivity index (χ1) is 9.55. The lowest BCUT2D eigenvalue weighted by atomic mass is 9.97. The summed E-state index contributed by atoms with van der Waals surface area (Å²) in [7, 11) is 3.24. The van der Waals surface area contributed by atoms with Gasteiger partial charge in [-0.3, -0.25) is 4.79 Å². The minimum atomic E-state index is -0.605. The van der Waals surface area contributed by atoms with Crippen molar-refractivity contribution < 1.29 is 14.3 Å². The van der Waals surface area contributed by atoms with Crippen molar-refractivity contribution in [3.05, 3.63) is 0 Å². The van der Waals surface area contributed by atoms with Crippen molar-refractivity contribution in [3.8, 4) is 0 Å². The number of methoxy groups -OCH3 is 1. The van der Waals surface area contributed by atoms with E-state index in [-0.39, 0.29) is 5.97 Å². The van der Waals surface area contributed by atoms with E-state index in [0.29, 0.717) is 6.10 Å². The van der Waals surface area contributed by atoms with Gasteiger partial charge in [-0.25, -0.2) is 0 Å². The van der Waals surface area contributed by atoms with Crippen LogP contribution in [0.2, 0.25) is 0 Å². The van der Waals surface area contributed by atoms with Crippen molar-refractivity contribution in [2.24, 2.45) is 0 Å². The van der Waals surface area contributed by atoms with E-state index in [4.69, 9.17) is 9.47 Å². The fourth-order valence-corrected chi connectivity index (χ4v) is 2.57. The van der Waals surface area contributed by atoms with E-state index >= 15 is 0 Å². The van der Waals surface area contributed by atoms with Crippen LogP contribution in [0, 0.1) is 0 Å². The van der Waals surface area contributed by atoms with Gasteiger partial charge >= 0.3 is 5.97 Å². The number of nitrogens with zero attached hydrogens (tertiary/aromatic N) is 1. The van der Waals surface area contributed by atoms with Gasteiger partial charge in [0.25, 0.3) is 0 Å². The summed E-state index contributed by atoms with van der Waals surface area (Å²) in [5.41, 5.74) is -0.605. The molecule has 1 rings (SSSR count). The summed E-state index contributed by atoms with van der Waals surface area (Å²) in [6, 6.07) is 0. The molecule has 0 aromatic heterocycles. The SMILES string of the molecule is CCCOC1CCCN(CCC(C)(NC)C(=O)OC)C1. The zero-order chi connectivity index (χ0) is 15.0. The number of carbonyl (C=O) groups excluding carboxylic acids is 1. The van der Waals surface area contributed by atoms with Gasteiger partial charge in [0, 0.05) is 19.7 Å². The maximum Gasteiger partial charge on any atom is 0.325 e. The van der Waals surface area contributed by atoms with E-state index in [1.165, 1.54) is 13.5 Å². The molecule has 0 aromatic carbocycles. The Bertz CT molecular complexity index is 299. The Morgan fingerprint density at radius 1 is 1.50 bits per heavy atom. The van der Waals surface area contributed by atoms with E-state index in [9.17, 15) is 4.79 Å². The molecule has 0 spiro atoms.